The Hall–Kier alpha value is -1.10. The Morgan fingerprint density at radius 3 is 3.05 bits per heavy atom. The summed E-state index contributed by atoms with van der Waals surface area (Å²) in [5.74, 6) is 0. The molecule has 1 aromatic carbocycles. The number of rotatable bonds is 5. The van der Waals surface area contributed by atoms with E-state index in [0.717, 1.165) is 25.1 Å². The number of ether oxygens (including phenoxy) is 1. The molecule has 0 aromatic heterocycles. The third kappa shape index (κ3) is 3.69. The molecule has 2 atom stereocenters. The van der Waals surface area contributed by atoms with Crippen molar-refractivity contribution >= 4 is 5.69 Å². The molecule has 0 fully saturated rings. The number of benzene rings is 1. The number of nitrogens with two attached hydrogens (primary N) is 1. The highest BCUT2D eigenvalue weighted by Gasteiger charge is 2.21. The van der Waals surface area contributed by atoms with E-state index in [2.05, 4.69) is 17.0 Å². The predicted molar refractivity (Wildman–Crippen MR) is 77.3 cm³/mol. The van der Waals surface area contributed by atoms with Gasteiger partial charge in [0.05, 0.1) is 12.7 Å². The molecule has 3 N–H and O–H groups in total. The highest BCUT2D eigenvalue weighted by Crippen LogP contribution is 2.31. The van der Waals surface area contributed by atoms with Crippen molar-refractivity contribution in [2.75, 3.05) is 31.2 Å². The van der Waals surface area contributed by atoms with Crippen LogP contribution in [0.5, 0.6) is 0 Å². The van der Waals surface area contributed by atoms with Crippen LogP contribution in [-0.4, -0.2) is 37.5 Å². The van der Waals surface area contributed by atoms with Gasteiger partial charge in [-0.2, -0.15) is 0 Å². The molecule has 0 saturated heterocycles. The normalized spacial score (nSPS) is 20.8. The monoisotopic (exact) mass is 264 g/mol. The molecule has 1 aliphatic rings. The number of nitrogens with zero attached hydrogens (tertiary/aromatic N) is 1. The summed E-state index contributed by atoms with van der Waals surface area (Å²) in [7, 11) is 0. The molecule has 4 heteroatoms. The third-order valence-corrected chi connectivity index (χ3v) is 3.57. The van der Waals surface area contributed by atoms with Crippen LogP contribution >= 0.6 is 0 Å². The molecule has 106 valence electrons. The van der Waals surface area contributed by atoms with Gasteiger partial charge in [0.15, 0.2) is 0 Å². The lowest BCUT2D eigenvalue weighted by atomic mass is 10.0. The van der Waals surface area contributed by atoms with Gasteiger partial charge >= 0.3 is 0 Å². The van der Waals surface area contributed by atoms with E-state index in [4.69, 9.17) is 10.5 Å². The SMILES string of the molecule is CCOCC(O)CN1CCCC(N)c2ccccc21. The zero-order chi connectivity index (χ0) is 13.7. The molecule has 2 unspecified atom stereocenters. The number of aliphatic hydroxyl groups excluding tert-OH is 1. The van der Waals surface area contributed by atoms with Crippen molar-refractivity contribution < 1.29 is 9.84 Å². The standard InChI is InChI=1S/C15H24N2O2/c1-2-19-11-12(18)10-17-9-5-7-14(16)13-6-3-4-8-15(13)17/h3-4,6,8,12,14,18H,2,5,7,9-11,16H2,1H3. The van der Waals surface area contributed by atoms with Gasteiger partial charge in [0.25, 0.3) is 0 Å². The summed E-state index contributed by atoms with van der Waals surface area (Å²) in [6.07, 6.45) is 1.59. The minimum Gasteiger partial charge on any atom is -0.389 e. The first-order chi connectivity index (χ1) is 9.22. The fourth-order valence-electron chi connectivity index (χ4n) is 2.62. The van der Waals surface area contributed by atoms with Crippen LogP contribution < -0.4 is 10.6 Å². The fourth-order valence-corrected chi connectivity index (χ4v) is 2.62. The van der Waals surface area contributed by atoms with Gasteiger partial charge in [-0.3, -0.25) is 0 Å². The molecule has 0 radical (unpaired) electrons. The van der Waals surface area contributed by atoms with E-state index in [-0.39, 0.29) is 6.04 Å². The molecular formula is C15H24N2O2. The van der Waals surface area contributed by atoms with Gasteiger partial charge in [-0.15, -0.1) is 0 Å². The Balaban J connectivity index is 2.10. The molecule has 19 heavy (non-hydrogen) atoms. The largest absolute Gasteiger partial charge is 0.389 e. The summed E-state index contributed by atoms with van der Waals surface area (Å²) < 4.78 is 5.28. The summed E-state index contributed by atoms with van der Waals surface area (Å²) in [4.78, 5) is 2.23. The van der Waals surface area contributed by atoms with Gasteiger partial charge in [0, 0.05) is 31.4 Å². The Morgan fingerprint density at radius 2 is 2.26 bits per heavy atom. The van der Waals surface area contributed by atoms with E-state index in [1.54, 1.807) is 0 Å². The number of anilines is 1. The van der Waals surface area contributed by atoms with Crippen molar-refractivity contribution in [3.63, 3.8) is 0 Å². The minimum atomic E-state index is -0.456. The zero-order valence-electron chi connectivity index (χ0n) is 11.6. The van der Waals surface area contributed by atoms with E-state index >= 15 is 0 Å². The molecule has 0 aliphatic carbocycles. The average Bonchev–Trinajstić information content (AvgIpc) is 2.58. The second-order valence-corrected chi connectivity index (χ2v) is 5.07. The number of hydrogen-bond acceptors (Lipinski definition) is 4. The summed E-state index contributed by atoms with van der Waals surface area (Å²) in [6.45, 7) is 4.50. The maximum atomic E-state index is 10.0. The zero-order valence-corrected chi connectivity index (χ0v) is 11.6. The second kappa shape index (κ2) is 6.89. The van der Waals surface area contributed by atoms with Crippen molar-refractivity contribution in [1.29, 1.82) is 0 Å². The molecule has 0 bridgehead atoms. The van der Waals surface area contributed by atoms with Crippen molar-refractivity contribution in [2.45, 2.75) is 31.9 Å². The molecule has 0 spiro atoms. The number of para-hydroxylation sites is 1. The molecule has 1 aromatic rings. The lowest BCUT2D eigenvalue weighted by molar-refractivity contribution is 0.0463. The number of β-amino-alcohol motifs (C(OH)–C–C–N with tert-alkyl or cyclic N) is 1. The Kier molecular flexibility index (Phi) is 5.19. The third-order valence-electron chi connectivity index (χ3n) is 3.57. The quantitative estimate of drug-likeness (QED) is 0.849. The lowest BCUT2D eigenvalue weighted by Gasteiger charge is -2.27. The van der Waals surface area contributed by atoms with Gasteiger partial charge in [-0.05, 0) is 31.4 Å². The molecule has 4 nitrogen and oxygen atoms in total. The van der Waals surface area contributed by atoms with Crippen LogP contribution in [0.2, 0.25) is 0 Å². The lowest BCUT2D eigenvalue weighted by Crippen LogP contribution is -2.35. The van der Waals surface area contributed by atoms with E-state index in [1.165, 1.54) is 5.56 Å². The topological polar surface area (TPSA) is 58.7 Å². The van der Waals surface area contributed by atoms with E-state index in [0.29, 0.717) is 19.8 Å². The van der Waals surface area contributed by atoms with Crippen LogP contribution in [0.1, 0.15) is 31.4 Å². The number of aliphatic hydroxyl groups is 1. The Bertz CT molecular complexity index is 397. The second-order valence-electron chi connectivity index (χ2n) is 5.07. The van der Waals surface area contributed by atoms with Crippen LogP contribution in [0.3, 0.4) is 0 Å². The highest BCUT2D eigenvalue weighted by molar-refractivity contribution is 5.55. The van der Waals surface area contributed by atoms with Crippen molar-refractivity contribution in [3.05, 3.63) is 29.8 Å². The van der Waals surface area contributed by atoms with Crippen LogP contribution in [0.15, 0.2) is 24.3 Å². The fraction of sp³-hybridized carbons (Fsp3) is 0.600. The Morgan fingerprint density at radius 1 is 1.47 bits per heavy atom. The predicted octanol–water partition coefficient (Wildman–Crippen LogP) is 1.68. The first-order valence-electron chi connectivity index (χ1n) is 7.07. The molecule has 1 heterocycles. The number of hydrogen-bond donors (Lipinski definition) is 2. The molecular weight excluding hydrogens is 240 g/mol. The van der Waals surface area contributed by atoms with Crippen molar-refractivity contribution in [1.82, 2.24) is 0 Å². The minimum absolute atomic E-state index is 0.102. The summed E-state index contributed by atoms with van der Waals surface area (Å²) in [6, 6.07) is 8.34. The van der Waals surface area contributed by atoms with Gasteiger partial charge in [0.2, 0.25) is 0 Å². The van der Waals surface area contributed by atoms with Crippen LogP contribution in [-0.2, 0) is 4.74 Å². The first kappa shape index (κ1) is 14.3. The maximum absolute atomic E-state index is 10.0. The van der Waals surface area contributed by atoms with Crippen molar-refractivity contribution in [3.8, 4) is 0 Å². The molecule has 0 saturated carbocycles. The van der Waals surface area contributed by atoms with E-state index in [9.17, 15) is 5.11 Å². The van der Waals surface area contributed by atoms with Gasteiger partial charge < -0.3 is 20.5 Å². The summed E-state index contributed by atoms with van der Waals surface area (Å²) >= 11 is 0. The van der Waals surface area contributed by atoms with Gasteiger partial charge in [0.1, 0.15) is 0 Å². The van der Waals surface area contributed by atoms with Gasteiger partial charge in [-0.1, -0.05) is 18.2 Å². The first-order valence-corrected chi connectivity index (χ1v) is 7.07. The van der Waals surface area contributed by atoms with Crippen LogP contribution in [0.4, 0.5) is 5.69 Å². The van der Waals surface area contributed by atoms with Crippen LogP contribution in [0.25, 0.3) is 0 Å². The van der Waals surface area contributed by atoms with Crippen LogP contribution in [0, 0.1) is 0 Å². The summed E-state index contributed by atoms with van der Waals surface area (Å²) in [5, 5.41) is 10.0. The van der Waals surface area contributed by atoms with E-state index < -0.39 is 6.10 Å². The smallest absolute Gasteiger partial charge is 0.0947 e. The van der Waals surface area contributed by atoms with E-state index in [1.807, 2.05) is 19.1 Å². The average molecular weight is 264 g/mol. The number of fused-ring (bicyclic) bond motifs is 1. The maximum Gasteiger partial charge on any atom is 0.0947 e. The Labute approximate surface area is 115 Å². The molecule has 2 rings (SSSR count). The molecule has 0 amide bonds. The van der Waals surface area contributed by atoms with Crippen molar-refractivity contribution in [2.24, 2.45) is 5.73 Å². The highest BCUT2D eigenvalue weighted by atomic mass is 16.5. The molecule has 1 aliphatic heterocycles. The summed E-state index contributed by atoms with van der Waals surface area (Å²) in [5.41, 5.74) is 8.55. The van der Waals surface area contributed by atoms with Gasteiger partial charge in [-0.25, -0.2) is 0 Å².